The highest BCUT2D eigenvalue weighted by molar-refractivity contribution is 8.00. The Balaban J connectivity index is 1.43. The maximum atomic E-state index is 12.5. The number of aryl methyl sites for hydroxylation is 1. The van der Waals surface area contributed by atoms with Gasteiger partial charge in [-0.2, -0.15) is 4.98 Å². The predicted molar refractivity (Wildman–Crippen MR) is 123 cm³/mol. The highest BCUT2D eigenvalue weighted by Gasteiger charge is 2.21. The van der Waals surface area contributed by atoms with Crippen LogP contribution in [0.3, 0.4) is 0 Å². The number of ether oxygens (including phenoxy) is 1. The molecular weight excluding hydrogens is 418 g/mol. The number of hydrogen-bond acceptors (Lipinski definition) is 8. The lowest BCUT2D eigenvalue weighted by atomic mass is 10.00. The number of benzene rings is 1. The average Bonchev–Trinajstić information content (AvgIpc) is 3.19. The van der Waals surface area contributed by atoms with E-state index in [0.29, 0.717) is 5.65 Å². The Labute approximate surface area is 184 Å². The third kappa shape index (κ3) is 4.67. The van der Waals surface area contributed by atoms with Crippen molar-refractivity contribution in [1.29, 1.82) is 0 Å². The molecule has 30 heavy (non-hydrogen) atoms. The number of thioether (sulfide) groups is 1. The number of methoxy groups -OCH3 is 1. The van der Waals surface area contributed by atoms with Gasteiger partial charge in [-0.1, -0.05) is 30.0 Å². The van der Waals surface area contributed by atoms with Gasteiger partial charge in [-0.05, 0) is 49.4 Å². The minimum atomic E-state index is -0.0743. The van der Waals surface area contributed by atoms with Crippen LogP contribution in [-0.2, 0) is 4.79 Å². The van der Waals surface area contributed by atoms with Gasteiger partial charge in [0.25, 0.3) is 0 Å². The average molecular weight is 444 g/mol. The van der Waals surface area contributed by atoms with Gasteiger partial charge in [-0.15, -0.1) is 0 Å². The molecule has 1 aromatic carbocycles. The van der Waals surface area contributed by atoms with Crippen LogP contribution in [0.25, 0.3) is 10.3 Å². The van der Waals surface area contributed by atoms with E-state index in [0.717, 1.165) is 50.9 Å². The molecule has 1 aliphatic rings. The van der Waals surface area contributed by atoms with Crippen LogP contribution in [0, 0.1) is 12.8 Å². The molecule has 4 rings (SSSR count). The third-order valence-corrected chi connectivity index (χ3v) is 7.48. The first-order valence-electron chi connectivity index (χ1n) is 9.97. The summed E-state index contributed by atoms with van der Waals surface area (Å²) in [4.78, 5) is 28.3. The Bertz CT molecular complexity index is 1050. The monoisotopic (exact) mass is 443 g/mol. The van der Waals surface area contributed by atoms with Gasteiger partial charge in [-0.25, -0.2) is 9.97 Å². The molecular formula is C21H25N5O2S2. The molecule has 0 spiro atoms. The number of hydrogen-bond donors (Lipinski definition) is 1. The second-order valence-electron chi connectivity index (χ2n) is 7.52. The molecule has 3 aromatic rings. The zero-order valence-corrected chi connectivity index (χ0v) is 19.0. The molecule has 2 aromatic heterocycles. The van der Waals surface area contributed by atoms with Crippen molar-refractivity contribution in [3.63, 3.8) is 0 Å². The molecule has 1 fully saturated rings. The molecule has 1 aliphatic heterocycles. The number of anilines is 2. The highest BCUT2D eigenvalue weighted by atomic mass is 32.2. The maximum Gasteiger partial charge on any atom is 0.234 e. The zero-order valence-electron chi connectivity index (χ0n) is 17.3. The van der Waals surface area contributed by atoms with Gasteiger partial charge < -0.3 is 15.0 Å². The minimum Gasteiger partial charge on any atom is -0.497 e. The first-order valence-corrected chi connectivity index (χ1v) is 11.8. The SMILES string of the molecule is COc1ccc(NC(=O)CSc2ncnc3nc(N4CCC(C)CC4)sc23)c(C)c1. The second kappa shape index (κ2) is 9.18. The molecule has 3 heterocycles. The summed E-state index contributed by atoms with van der Waals surface area (Å²) < 4.78 is 6.16. The summed E-state index contributed by atoms with van der Waals surface area (Å²) in [6.07, 6.45) is 3.90. The Hall–Kier alpha value is -2.39. The molecule has 9 heteroatoms. The van der Waals surface area contributed by atoms with Crippen LogP contribution in [-0.4, -0.2) is 46.8 Å². The van der Waals surface area contributed by atoms with Gasteiger partial charge >= 0.3 is 0 Å². The summed E-state index contributed by atoms with van der Waals surface area (Å²) in [5.74, 6) is 1.74. The Morgan fingerprint density at radius 2 is 2.13 bits per heavy atom. The van der Waals surface area contributed by atoms with E-state index in [4.69, 9.17) is 9.72 Å². The van der Waals surface area contributed by atoms with E-state index in [9.17, 15) is 4.79 Å². The fourth-order valence-corrected chi connectivity index (χ4v) is 5.33. The minimum absolute atomic E-state index is 0.0743. The fourth-order valence-electron chi connectivity index (χ4n) is 3.38. The van der Waals surface area contributed by atoms with E-state index < -0.39 is 0 Å². The normalized spacial score (nSPS) is 14.8. The number of nitrogens with zero attached hydrogens (tertiary/aromatic N) is 4. The van der Waals surface area contributed by atoms with Crippen molar-refractivity contribution >= 4 is 50.2 Å². The Morgan fingerprint density at radius 1 is 1.33 bits per heavy atom. The lowest BCUT2D eigenvalue weighted by molar-refractivity contribution is -0.113. The van der Waals surface area contributed by atoms with Crippen LogP contribution in [0.2, 0.25) is 0 Å². The van der Waals surface area contributed by atoms with Crippen LogP contribution in [0.5, 0.6) is 5.75 Å². The zero-order chi connectivity index (χ0) is 21.1. The van der Waals surface area contributed by atoms with Crippen LogP contribution < -0.4 is 15.0 Å². The van der Waals surface area contributed by atoms with Crippen molar-refractivity contribution in [2.45, 2.75) is 31.7 Å². The van der Waals surface area contributed by atoms with Gasteiger partial charge in [0.05, 0.1) is 12.9 Å². The first kappa shape index (κ1) is 20.9. The molecule has 0 unspecified atom stereocenters. The Morgan fingerprint density at radius 3 is 2.87 bits per heavy atom. The summed E-state index contributed by atoms with van der Waals surface area (Å²) in [7, 11) is 1.63. The molecule has 1 amide bonds. The summed E-state index contributed by atoms with van der Waals surface area (Å²) in [5, 5.41) is 4.76. The first-order chi connectivity index (χ1) is 14.5. The number of amides is 1. The van der Waals surface area contributed by atoms with Gasteiger partial charge in [0, 0.05) is 18.8 Å². The summed E-state index contributed by atoms with van der Waals surface area (Å²) in [6, 6.07) is 5.59. The number of nitrogens with one attached hydrogen (secondary N) is 1. The Kier molecular flexibility index (Phi) is 6.38. The molecule has 0 aliphatic carbocycles. The summed E-state index contributed by atoms with van der Waals surface area (Å²) >= 11 is 3.03. The van der Waals surface area contributed by atoms with E-state index in [1.54, 1.807) is 18.4 Å². The predicted octanol–water partition coefficient (Wildman–Crippen LogP) is 4.37. The maximum absolute atomic E-state index is 12.5. The molecule has 158 valence electrons. The van der Waals surface area contributed by atoms with Crippen LogP contribution >= 0.6 is 23.1 Å². The van der Waals surface area contributed by atoms with Crippen LogP contribution in [0.15, 0.2) is 29.6 Å². The van der Waals surface area contributed by atoms with Gasteiger partial charge in [0.15, 0.2) is 10.8 Å². The highest BCUT2D eigenvalue weighted by Crippen LogP contribution is 2.35. The van der Waals surface area contributed by atoms with Gasteiger partial charge in [0.2, 0.25) is 5.91 Å². The van der Waals surface area contributed by atoms with E-state index in [1.807, 2.05) is 25.1 Å². The van der Waals surface area contributed by atoms with Crippen molar-refractivity contribution in [1.82, 2.24) is 15.0 Å². The summed E-state index contributed by atoms with van der Waals surface area (Å²) in [5.41, 5.74) is 2.45. The molecule has 0 saturated carbocycles. The second-order valence-corrected chi connectivity index (χ2v) is 9.46. The van der Waals surface area contributed by atoms with Crippen LogP contribution in [0.4, 0.5) is 10.8 Å². The molecule has 7 nitrogen and oxygen atoms in total. The number of fused-ring (bicyclic) bond motifs is 1. The topological polar surface area (TPSA) is 80.2 Å². The lowest BCUT2D eigenvalue weighted by Crippen LogP contribution is -2.32. The third-order valence-electron chi connectivity index (χ3n) is 5.25. The number of carbonyl (C=O) groups is 1. The van der Waals surface area contributed by atoms with Crippen molar-refractivity contribution < 1.29 is 9.53 Å². The lowest BCUT2D eigenvalue weighted by Gasteiger charge is -2.29. The van der Waals surface area contributed by atoms with Crippen molar-refractivity contribution in [2.75, 3.05) is 36.2 Å². The van der Waals surface area contributed by atoms with Gasteiger partial charge in [-0.3, -0.25) is 4.79 Å². The number of piperidine rings is 1. The van der Waals surface area contributed by atoms with Crippen molar-refractivity contribution in [2.24, 2.45) is 5.92 Å². The molecule has 0 bridgehead atoms. The number of rotatable bonds is 6. The van der Waals surface area contributed by atoms with Crippen molar-refractivity contribution in [3.8, 4) is 5.75 Å². The molecule has 1 N–H and O–H groups in total. The summed E-state index contributed by atoms with van der Waals surface area (Å²) in [6.45, 7) is 6.30. The number of carbonyl (C=O) groups excluding carboxylic acids is 1. The largest absolute Gasteiger partial charge is 0.497 e. The standard InChI is InChI=1S/C21H25N5O2S2/c1-13-6-8-26(9-7-13)21-25-19-18(30-21)20(23-12-22-19)29-11-17(27)24-16-5-4-15(28-3)10-14(16)2/h4-5,10,12-13H,6-9,11H2,1-3H3,(H,24,27). The van der Waals surface area contributed by atoms with Crippen LogP contribution in [0.1, 0.15) is 25.3 Å². The number of aromatic nitrogens is 3. The van der Waals surface area contributed by atoms with E-state index >= 15 is 0 Å². The smallest absolute Gasteiger partial charge is 0.234 e. The van der Waals surface area contributed by atoms with E-state index in [1.165, 1.54) is 30.9 Å². The molecule has 0 atom stereocenters. The number of thiazole rings is 1. The fraction of sp³-hybridized carbons (Fsp3) is 0.429. The molecule has 0 radical (unpaired) electrons. The quantitative estimate of drug-likeness (QED) is 0.447. The van der Waals surface area contributed by atoms with E-state index in [-0.39, 0.29) is 11.7 Å². The van der Waals surface area contributed by atoms with Crippen molar-refractivity contribution in [3.05, 3.63) is 30.1 Å². The van der Waals surface area contributed by atoms with E-state index in [2.05, 4.69) is 27.1 Å². The van der Waals surface area contributed by atoms with Gasteiger partial charge in [0.1, 0.15) is 21.8 Å². The molecule has 1 saturated heterocycles.